The second-order valence-electron chi connectivity index (χ2n) is 7.02. The third-order valence-corrected chi connectivity index (χ3v) is 6.03. The van der Waals surface area contributed by atoms with Crippen LogP contribution in [0.25, 0.3) is 0 Å². The number of hydrogen-bond acceptors (Lipinski definition) is 5. The van der Waals surface area contributed by atoms with Gasteiger partial charge in [-0.05, 0) is 50.5 Å². The lowest BCUT2D eigenvalue weighted by molar-refractivity contribution is -0.123. The first-order valence-electron chi connectivity index (χ1n) is 9.14. The molecule has 0 aliphatic rings. The number of rotatable bonds is 9. The number of H-pyrrole nitrogens is 1. The highest BCUT2D eigenvalue weighted by Gasteiger charge is 2.26. The molecule has 1 aromatic heterocycles. The van der Waals surface area contributed by atoms with Gasteiger partial charge in [-0.3, -0.25) is 9.89 Å². The molecule has 2 aromatic rings. The number of carbonyl (C=O) groups excluding carboxylic acids is 1. The standard InChI is InChI=1S/C18H27N5O3S2/c1-5-23-16(20-21-18(23)27)11-19-17(24)15(10-12(2)3)22-28(25,26)14-8-6-13(4)7-9-14/h6-9,12,15,22H,5,10-11H2,1-4H3,(H,19,24)(H,21,27). The Morgan fingerprint density at radius 2 is 1.93 bits per heavy atom. The molecule has 0 aliphatic heterocycles. The Morgan fingerprint density at radius 3 is 2.50 bits per heavy atom. The van der Waals surface area contributed by atoms with Crippen LogP contribution in [-0.4, -0.2) is 35.1 Å². The van der Waals surface area contributed by atoms with Gasteiger partial charge in [-0.25, -0.2) is 8.42 Å². The highest BCUT2D eigenvalue weighted by atomic mass is 32.2. The van der Waals surface area contributed by atoms with Crippen molar-refractivity contribution in [1.29, 1.82) is 0 Å². The summed E-state index contributed by atoms with van der Waals surface area (Å²) >= 11 is 5.14. The second kappa shape index (κ2) is 9.44. The number of aryl methyl sites for hydroxylation is 1. The van der Waals surface area contributed by atoms with Crippen molar-refractivity contribution in [3.63, 3.8) is 0 Å². The van der Waals surface area contributed by atoms with E-state index in [0.29, 0.717) is 23.6 Å². The van der Waals surface area contributed by atoms with E-state index in [1.54, 1.807) is 16.7 Å². The maximum atomic E-state index is 12.7. The minimum atomic E-state index is -3.81. The molecule has 2 rings (SSSR count). The van der Waals surface area contributed by atoms with Crippen molar-refractivity contribution in [2.24, 2.45) is 5.92 Å². The number of nitrogens with one attached hydrogen (secondary N) is 3. The second-order valence-corrected chi connectivity index (χ2v) is 9.12. The summed E-state index contributed by atoms with van der Waals surface area (Å²) in [6.07, 6.45) is 0.373. The van der Waals surface area contributed by atoms with Crippen LogP contribution in [0.5, 0.6) is 0 Å². The number of sulfonamides is 1. The van der Waals surface area contributed by atoms with Crippen molar-refractivity contribution in [2.45, 2.75) is 58.1 Å². The van der Waals surface area contributed by atoms with Crippen molar-refractivity contribution in [1.82, 2.24) is 24.8 Å². The van der Waals surface area contributed by atoms with Crippen LogP contribution in [0.4, 0.5) is 0 Å². The van der Waals surface area contributed by atoms with Gasteiger partial charge in [0.15, 0.2) is 10.6 Å². The van der Waals surface area contributed by atoms with E-state index in [4.69, 9.17) is 12.2 Å². The Bertz CT molecular complexity index is 962. The molecule has 10 heteroatoms. The molecule has 3 N–H and O–H groups in total. The molecule has 1 aromatic carbocycles. The summed E-state index contributed by atoms with van der Waals surface area (Å²) in [6, 6.07) is 5.62. The number of aromatic amines is 1. The Kier molecular flexibility index (Phi) is 7.50. The summed E-state index contributed by atoms with van der Waals surface area (Å²) in [4.78, 5) is 12.8. The molecule has 28 heavy (non-hydrogen) atoms. The van der Waals surface area contributed by atoms with Crippen molar-refractivity contribution in [3.8, 4) is 0 Å². The van der Waals surface area contributed by atoms with Gasteiger partial charge in [-0.2, -0.15) is 9.82 Å². The smallest absolute Gasteiger partial charge is 0.241 e. The lowest BCUT2D eigenvalue weighted by atomic mass is 10.0. The average molecular weight is 426 g/mol. The van der Waals surface area contributed by atoms with Crippen LogP contribution < -0.4 is 10.0 Å². The van der Waals surface area contributed by atoms with E-state index in [-0.39, 0.29) is 17.4 Å². The predicted octanol–water partition coefficient (Wildman–Crippen LogP) is 2.28. The average Bonchev–Trinajstić information content (AvgIpc) is 2.98. The zero-order chi connectivity index (χ0) is 20.9. The summed E-state index contributed by atoms with van der Waals surface area (Å²) in [6.45, 7) is 8.45. The Labute approximate surface area is 170 Å². The number of nitrogens with zero attached hydrogens (tertiary/aromatic N) is 2. The quantitative estimate of drug-likeness (QED) is 0.534. The molecule has 0 spiro atoms. The van der Waals surface area contributed by atoms with E-state index >= 15 is 0 Å². The molecule has 0 aliphatic carbocycles. The number of amides is 1. The highest BCUT2D eigenvalue weighted by molar-refractivity contribution is 7.89. The van der Waals surface area contributed by atoms with Gasteiger partial charge in [-0.15, -0.1) is 0 Å². The van der Waals surface area contributed by atoms with Crippen LogP contribution in [0.3, 0.4) is 0 Å². The first-order chi connectivity index (χ1) is 13.1. The van der Waals surface area contributed by atoms with E-state index < -0.39 is 22.0 Å². The lowest BCUT2D eigenvalue weighted by Crippen LogP contribution is -2.47. The fourth-order valence-corrected chi connectivity index (χ4v) is 4.24. The van der Waals surface area contributed by atoms with E-state index in [1.165, 1.54) is 12.1 Å². The number of carbonyl (C=O) groups is 1. The maximum Gasteiger partial charge on any atom is 0.241 e. The topological polar surface area (TPSA) is 109 Å². The molecule has 0 fully saturated rings. The third kappa shape index (κ3) is 5.73. The minimum absolute atomic E-state index is 0.127. The van der Waals surface area contributed by atoms with Crippen molar-refractivity contribution in [3.05, 3.63) is 40.4 Å². The molecular formula is C18H27N5O3S2. The van der Waals surface area contributed by atoms with Gasteiger partial charge in [-0.1, -0.05) is 31.5 Å². The predicted molar refractivity (Wildman–Crippen MR) is 110 cm³/mol. The molecule has 0 radical (unpaired) electrons. The summed E-state index contributed by atoms with van der Waals surface area (Å²) in [5.74, 6) is 0.313. The van der Waals surface area contributed by atoms with Crippen molar-refractivity contribution < 1.29 is 13.2 Å². The fraction of sp³-hybridized carbons (Fsp3) is 0.500. The molecule has 0 bridgehead atoms. The molecule has 0 saturated heterocycles. The molecule has 1 heterocycles. The van der Waals surface area contributed by atoms with Crippen LogP contribution in [-0.2, 0) is 27.9 Å². The summed E-state index contributed by atoms with van der Waals surface area (Å²) in [5.41, 5.74) is 0.958. The van der Waals surface area contributed by atoms with E-state index in [9.17, 15) is 13.2 Å². The normalized spacial score (nSPS) is 12.9. The van der Waals surface area contributed by atoms with Crippen LogP contribution in [0.15, 0.2) is 29.2 Å². The summed E-state index contributed by atoms with van der Waals surface area (Å²) < 4.78 is 30.2. The van der Waals surface area contributed by atoms with Gasteiger partial charge in [0.25, 0.3) is 0 Å². The Balaban J connectivity index is 2.14. The van der Waals surface area contributed by atoms with Gasteiger partial charge in [0.2, 0.25) is 15.9 Å². The minimum Gasteiger partial charge on any atom is -0.347 e. The molecule has 154 valence electrons. The van der Waals surface area contributed by atoms with E-state index in [1.807, 2.05) is 27.7 Å². The van der Waals surface area contributed by atoms with Gasteiger partial charge in [0.05, 0.1) is 11.4 Å². The highest BCUT2D eigenvalue weighted by Crippen LogP contribution is 2.13. The third-order valence-electron chi connectivity index (χ3n) is 4.23. The zero-order valence-corrected chi connectivity index (χ0v) is 18.2. The number of aromatic nitrogens is 3. The molecule has 1 unspecified atom stereocenters. The monoisotopic (exact) mass is 425 g/mol. The Morgan fingerprint density at radius 1 is 1.29 bits per heavy atom. The van der Waals surface area contributed by atoms with Crippen LogP contribution in [0, 0.1) is 17.6 Å². The van der Waals surface area contributed by atoms with Crippen LogP contribution in [0.2, 0.25) is 0 Å². The molecule has 0 saturated carbocycles. The largest absolute Gasteiger partial charge is 0.347 e. The van der Waals surface area contributed by atoms with E-state index in [0.717, 1.165) is 5.56 Å². The van der Waals surface area contributed by atoms with Crippen molar-refractivity contribution in [2.75, 3.05) is 0 Å². The maximum absolute atomic E-state index is 12.7. The van der Waals surface area contributed by atoms with Crippen molar-refractivity contribution >= 4 is 28.1 Å². The molecular weight excluding hydrogens is 398 g/mol. The van der Waals surface area contributed by atoms with Gasteiger partial charge in [0, 0.05) is 6.54 Å². The zero-order valence-electron chi connectivity index (χ0n) is 16.5. The summed E-state index contributed by atoms with van der Waals surface area (Å²) in [5, 5.41) is 9.55. The fourth-order valence-electron chi connectivity index (χ4n) is 2.75. The SMILES string of the molecule is CCn1c(CNC(=O)C(CC(C)C)NS(=O)(=O)c2ccc(C)cc2)n[nH]c1=S. The molecule has 8 nitrogen and oxygen atoms in total. The first kappa shape index (κ1) is 22.3. The van der Waals surface area contributed by atoms with Gasteiger partial charge < -0.3 is 9.88 Å². The lowest BCUT2D eigenvalue weighted by Gasteiger charge is -2.20. The Hall–Kier alpha value is -2.04. The number of benzene rings is 1. The molecule has 1 atom stereocenters. The van der Waals surface area contributed by atoms with E-state index in [2.05, 4.69) is 20.2 Å². The van der Waals surface area contributed by atoms with Crippen LogP contribution >= 0.6 is 12.2 Å². The number of hydrogen-bond donors (Lipinski definition) is 3. The van der Waals surface area contributed by atoms with Gasteiger partial charge in [0.1, 0.15) is 6.04 Å². The summed E-state index contributed by atoms with van der Waals surface area (Å²) in [7, 11) is -3.81. The van der Waals surface area contributed by atoms with Crippen LogP contribution in [0.1, 0.15) is 38.6 Å². The molecule has 1 amide bonds. The van der Waals surface area contributed by atoms with Gasteiger partial charge >= 0.3 is 0 Å². The first-order valence-corrected chi connectivity index (χ1v) is 11.0.